The van der Waals surface area contributed by atoms with Crippen molar-refractivity contribution in [2.45, 2.75) is 20.0 Å². The van der Waals surface area contributed by atoms with Gasteiger partial charge < -0.3 is 26.2 Å². The molecule has 42 heavy (non-hydrogen) atoms. The van der Waals surface area contributed by atoms with Gasteiger partial charge in [0.25, 0.3) is 0 Å². The molecule has 0 unspecified atom stereocenters. The van der Waals surface area contributed by atoms with Gasteiger partial charge in [0.05, 0.1) is 19.4 Å². The third kappa shape index (κ3) is 10.7. The Hall–Kier alpha value is -3.51. The van der Waals surface area contributed by atoms with Crippen LogP contribution in [0.4, 0.5) is 0 Å². The molecule has 220 valence electrons. The first-order chi connectivity index (χ1) is 19.6. The van der Waals surface area contributed by atoms with Crippen LogP contribution < -0.4 is 21.7 Å². The molecular weight excluding hydrogens is 590 g/mol. The lowest BCUT2D eigenvalue weighted by Crippen LogP contribution is -3.00. The molecule has 6 nitrogen and oxygen atoms in total. The summed E-state index contributed by atoms with van der Waals surface area (Å²) in [7, 11) is -2.94. The lowest BCUT2D eigenvalue weighted by Gasteiger charge is -2.16. The van der Waals surface area contributed by atoms with Gasteiger partial charge in [-0.25, -0.2) is 0 Å². The minimum atomic E-state index is -2.94. The summed E-state index contributed by atoms with van der Waals surface area (Å²) in [5.74, 6) is 1.66. The number of para-hydroxylation sites is 1. The van der Waals surface area contributed by atoms with Gasteiger partial charge >= 0.3 is 7.60 Å². The number of nitrogens with zero attached hydrogens (tertiary/aromatic N) is 2. The fourth-order valence-electron chi connectivity index (χ4n) is 3.98. The number of ether oxygens (including phenoxy) is 1. The second-order valence-corrected chi connectivity index (χ2v) is 10.8. The standard InChI is InChI=1S/C22H17N2O.C11H17O3P.2ClH/c1-2-4-21(5-3-1)25-22-8-6-20(7-9-22)24-16-12-19(13-17-24)18-10-14-23-15-11-18;1-3-13-15(12,14-4-2)10-11-8-6-5-7-9-11;;/h1-17H;5-9H,3-4,10H2,1-2H3;2*1H/q+1;;;/p-1. The van der Waals surface area contributed by atoms with Gasteiger partial charge in [-0.3, -0.25) is 9.55 Å². The summed E-state index contributed by atoms with van der Waals surface area (Å²) in [6, 6.07) is 35.7. The number of halogens is 2. The van der Waals surface area contributed by atoms with Crippen LogP contribution in [0.5, 0.6) is 11.5 Å². The van der Waals surface area contributed by atoms with Gasteiger partial charge in [-0.1, -0.05) is 48.5 Å². The molecule has 3 aromatic carbocycles. The highest BCUT2D eigenvalue weighted by Crippen LogP contribution is 2.51. The normalized spacial score (nSPS) is 10.3. The molecule has 0 atom stereocenters. The third-order valence-corrected chi connectivity index (χ3v) is 7.88. The van der Waals surface area contributed by atoms with Gasteiger partial charge in [-0.2, -0.15) is 4.57 Å². The third-order valence-electron chi connectivity index (χ3n) is 5.83. The van der Waals surface area contributed by atoms with Gasteiger partial charge in [0.15, 0.2) is 12.4 Å². The van der Waals surface area contributed by atoms with Crippen molar-refractivity contribution in [3.63, 3.8) is 0 Å². The summed E-state index contributed by atoms with van der Waals surface area (Å²) in [6.45, 7) is 4.45. The molecule has 5 aromatic rings. The molecule has 0 saturated heterocycles. The van der Waals surface area contributed by atoms with E-state index in [2.05, 4.69) is 34.1 Å². The van der Waals surface area contributed by atoms with Crippen molar-refractivity contribution in [2.24, 2.45) is 0 Å². The van der Waals surface area contributed by atoms with E-state index in [1.165, 1.54) is 5.56 Å². The van der Waals surface area contributed by atoms with Crippen LogP contribution >= 0.6 is 20.0 Å². The maximum Gasteiger partial charge on any atom is 0.335 e. The molecule has 2 aromatic heterocycles. The Morgan fingerprint density at radius 2 is 1.17 bits per heavy atom. The van der Waals surface area contributed by atoms with E-state index in [0.29, 0.717) is 19.4 Å². The molecule has 0 fully saturated rings. The highest BCUT2D eigenvalue weighted by molar-refractivity contribution is 7.53. The largest absolute Gasteiger partial charge is 1.00 e. The molecule has 9 heteroatoms. The molecular formula is C33H35Cl2N2O4P. The molecule has 0 aliphatic rings. The van der Waals surface area contributed by atoms with Gasteiger partial charge in [0.2, 0.25) is 5.69 Å². The van der Waals surface area contributed by atoms with E-state index < -0.39 is 7.60 Å². The predicted molar refractivity (Wildman–Crippen MR) is 166 cm³/mol. The Balaban J connectivity index is 0.000000316. The number of aromatic nitrogens is 2. The van der Waals surface area contributed by atoms with Gasteiger partial charge in [0, 0.05) is 36.7 Å². The topological polar surface area (TPSA) is 61.5 Å². The number of benzene rings is 3. The Kier molecular flexibility index (Phi) is 15.0. The van der Waals surface area contributed by atoms with Crippen LogP contribution in [-0.4, -0.2) is 18.2 Å². The van der Waals surface area contributed by atoms with Crippen molar-refractivity contribution in [3.05, 3.63) is 140 Å². The molecule has 0 N–H and O–H groups in total. The molecule has 0 spiro atoms. The smallest absolute Gasteiger partial charge is 0.335 e. The zero-order chi connectivity index (χ0) is 28.0. The SMILES string of the molecule is CCOP(=O)(Cc1ccccc1)OCC.Cl.[Cl-].c1ccc(Oc2ccc(-[n+]3ccc(-c4ccncc4)cc3)cc2)cc1. The molecule has 5 rings (SSSR count). The Morgan fingerprint density at radius 3 is 1.71 bits per heavy atom. The van der Waals surface area contributed by atoms with Crippen LogP contribution in [-0.2, 0) is 19.8 Å². The van der Waals surface area contributed by atoms with E-state index in [9.17, 15) is 4.57 Å². The van der Waals surface area contributed by atoms with Gasteiger partial charge in [-0.15, -0.1) is 12.4 Å². The minimum absolute atomic E-state index is 0. The summed E-state index contributed by atoms with van der Waals surface area (Å²) in [5.41, 5.74) is 4.39. The minimum Gasteiger partial charge on any atom is -1.00 e. The second-order valence-electron chi connectivity index (χ2n) is 8.73. The first-order valence-corrected chi connectivity index (χ1v) is 15.0. The Labute approximate surface area is 260 Å². The van der Waals surface area contributed by atoms with Crippen LogP contribution in [0.1, 0.15) is 19.4 Å². The van der Waals surface area contributed by atoms with Crippen molar-refractivity contribution >= 4 is 20.0 Å². The first-order valence-electron chi connectivity index (χ1n) is 13.3. The molecule has 0 amide bonds. The number of hydrogen-bond acceptors (Lipinski definition) is 5. The van der Waals surface area contributed by atoms with Crippen LogP contribution in [0.2, 0.25) is 0 Å². The molecule has 0 aliphatic heterocycles. The Bertz CT molecular complexity index is 1470. The molecule has 0 aliphatic carbocycles. The van der Waals surface area contributed by atoms with E-state index in [4.69, 9.17) is 13.8 Å². The lowest BCUT2D eigenvalue weighted by atomic mass is 10.1. The summed E-state index contributed by atoms with van der Waals surface area (Å²) in [4.78, 5) is 4.06. The lowest BCUT2D eigenvalue weighted by molar-refractivity contribution is -0.595. The summed E-state index contributed by atoms with van der Waals surface area (Å²) < 4.78 is 30.5. The highest BCUT2D eigenvalue weighted by atomic mass is 35.5. The highest BCUT2D eigenvalue weighted by Gasteiger charge is 2.23. The quantitative estimate of drug-likeness (QED) is 0.147. The fraction of sp³-hybridized carbons (Fsp3) is 0.152. The molecule has 0 bridgehead atoms. The van der Waals surface area contributed by atoms with Crippen LogP contribution in [0, 0.1) is 0 Å². The maximum atomic E-state index is 12.1. The number of pyridine rings is 2. The number of hydrogen-bond donors (Lipinski definition) is 0. The van der Waals surface area contributed by atoms with Crippen molar-refractivity contribution in [1.82, 2.24) is 4.98 Å². The van der Waals surface area contributed by atoms with E-state index >= 15 is 0 Å². The van der Waals surface area contributed by atoms with E-state index in [-0.39, 0.29) is 24.8 Å². The van der Waals surface area contributed by atoms with Gasteiger partial charge in [0.1, 0.15) is 11.5 Å². The van der Waals surface area contributed by atoms with E-state index in [1.54, 1.807) is 0 Å². The van der Waals surface area contributed by atoms with Gasteiger partial charge in [-0.05, 0) is 66.9 Å². The van der Waals surface area contributed by atoms with Crippen LogP contribution in [0.3, 0.4) is 0 Å². The average Bonchev–Trinajstić information content (AvgIpc) is 3.00. The molecule has 0 radical (unpaired) electrons. The monoisotopic (exact) mass is 624 g/mol. The second kappa shape index (κ2) is 18.1. The van der Waals surface area contributed by atoms with Crippen LogP contribution in [0.25, 0.3) is 16.8 Å². The van der Waals surface area contributed by atoms with Crippen LogP contribution in [0.15, 0.2) is 134 Å². The molecule has 2 heterocycles. The van der Waals surface area contributed by atoms with Crippen molar-refractivity contribution in [3.8, 4) is 28.3 Å². The van der Waals surface area contributed by atoms with Crippen molar-refractivity contribution < 1.29 is 35.3 Å². The summed E-state index contributed by atoms with van der Waals surface area (Å²) in [5, 5.41) is 0. The number of rotatable bonds is 10. The maximum absolute atomic E-state index is 12.1. The zero-order valence-electron chi connectivity index (χ0n) is 23.6. The summed E-state index contributed by atoms with van der Waals surface area (Å²) >= 11 is 0. The predicted octanol–water partition coefficient (Wildman–Crippen LogP) is 5.70. The first kappa shape index (κ1) is 34.7. The average molecular weight is 626 g/mol. The molecule has 0 saturated carbocycles. The van der Waals surface area contributed by atoms with Crippen molar-refractivity contribution in [1.29, 1.82) is 0 Å². The Morgan fingerprint density at radius 1 is 0.667 bits per heavy atom. The fourth-order valence-corrected chi connectivity index (χ4v) is 5.68. The summed E-state index contributed by atoms with van der Waals surface area (Å²) in [6.07, 6.45) is 8.07. The van der Waals surface area contributed by atoms with E-state index in [1.807, 2.05) is 123 Å². The zero-order valence-corrected chi connectivity index (χ0v) is 26.1. The van der Waals surface area contributed by atoms with Crippen molar-refractivity contribution in [2.75, 3.05) is 13.2 Å². The van der Waals surface area contributed by atoms with E-state index in [0.717, 1.165) is 28.3 Å².